The van der Waals surface area contributed by atoms with E-state index in [1.165, 1.54) is 23.1 Å². The third-order valence-corrected chi connectivity index (χ3v) is 4.39. The van der Waals surface area contributed by atoms with Crippen molar-refractivity contribution in [2.75, 3.05) is 0 Å². The van der Waals surface area contributed by atoms with E-state index in [9.17, 15) is 0 Å². The predicted octanol–water partition coefficient (Wildman–Crippen LogP) is 6.00. The molecule has 0 radical (unpaired) electrons. The number of hydrogen-bond donors (Lipinski definition) is 0. The molecule has 0 fully saturated rings. The molecule has 0 saturated carbocycles. The van der Waals surface area contributed by atoms with Crippen LogP contribution in [0, 0.1) is 5.92 Å². The Bertz CT molecular complexity index is 744. The number of aromatic nitrogens is 1. The van der Waals surface area contributed by atoms with Crippen molar-refractivity contribution in [2.45, 2.75) is 26.7 Å². The summed E-state index contributed by atoms with van der Waals surface area (Å²) in [5, 5.41) is 0. The molecule has 3 rings (SSSR count). The zero-order valence-electron chi connectivity index (χ0n) is 13.9. The van der Waals surface area contributed by atoms with Crippen LogP contribution in [0.3, 0.4) is 0 Å². The lowest BCUT2D eigenvalue weighted by Crippen LogP contribution is -1.97. The quantitative estimate of drug-likeness (QED) is 0.563. The molecule has 1 nitrogen and oxygen atoms in total. The molecule has 0 aliphatic heterocycles. The molecule has 0 saturated heterocycles. The van der Waals surface area contributed by atoms with Gasteiger partial charge >= 0.3 is 0 Å². The summed E-state index contributed by atoms with van der Waals surface area (Å²) in [7, 11) is 0. The average molecular weight is 301 g/mol. The minimum absolute atomic E-state index is 0.744. The van der Waals surface area contributed by atoms with E-state index < -0.39 is 0 Å². The van der Waals surface area contributed by atoms with Crippen LogP contribution in [0.25, 0.3) is 22.4 Å². The van der Waals surface area contributed by atoms with Crippen LogP contribution in [0.15, 0.2) is 72.9 Å². The third-order valence-electron chi connectivity index (χ3n) is 4.39. The summed E-state index contributed by atoms with van der Waals surface area (Å²) < 4.78 is 0. The van der Waals surface area contributed by atoms with E-state index in [1.54, 1.807) is 0 Å². The van der Waals surface area contributed by atoms with Crippen LogP contribution in [-0.2, 0) is 6.42 Å². The Morgan fingerprint density at radius 3 is 2.30 bits per heavy atom. The summed E-state index contributed by atoms with van der Waals surface area (Å²) in [6, 6.07) is 23.6. The van der Waals surface area contributed by atoms with Crippen LogP contribution in [0.5, 0.6) is 0 Å². The third kappa shape index (κ3) is 3.87. The van der Waals surface area contributed by atoms with E-state index >= 15 is 0 Å². The first-order valence-corrected chi connectivity index (χ1v) is 8.37. The zero-order chi connectivity index (χ0) is 16.1. The van der Waals surface area contributed by atoms with E-state index in [4.69, 9.17) is 0 Å². The first-order chi connectivity index (χ1) is 11.3. The lowest BCUT2D eigenvalue weighted by molar-refractivity contribution is 0.560. The van der Waals surface area contributed by atoms with Gasteiger partial charge in [-0.3, -0.25) is 4.98 Å². The maximum absolute atomic E-state index is 4.44. The van der Waals surface area contributed by atoms with Gasteiger partial charge in [0.25, 0.3) is 0 Å². The van der Waals surface area contributed by atoms with Gasteiger partial charge in [0.2, 0.25) is 0 Å². The van der Waals surface area contributed by atoms with Crippen molar-refractivity contribution in [1.29, 1.82) is 0 Å². The molecule has 0 aliphatic carbocycles. The smallest absolute Gasteiger partial charge is 0.0702 e. The molecule has 116 valence electrons. The molecule has 1 unspecified atom stereocenters. The second-order valence-electron chi connectivity index (χ2n) is 6.21. The molecule has 0 N–H and O–H groups in total. The maximum Gasteiger partial charge on any atom is 0.0702 e. The van der Waals surface area contributed by atoms with E-state index in [1.807, 2.05) is 24.4 Å². The Balaban J connectivity index is 1.85. The second-order valence-corrected chi connectivity index (χ2v) is 6.21. The van der Waals surface area contributed by atoms with Crippen molar-refractivity contribution in [3.63, 3.8) is 0 Å². The Morgan fingerprint density at radius 2 is 1.61 bits per heavy atom. The van der Waals surface area contributed by atoms with Gasteiger partial charge in [-0.05, 0) is 47.2 Å². The summed E-state index contributed by atoms with van der Waals surface area (Å²) in [5.74, 6) is 0.744. The molecule has 0 aliphatic rings. The highest BCUT2D eigenvalue weighted by molar-refractivity contribution is 5.71. The largest absolute Gasteiger partial charge is 0.256 e. The van der Waals surface area contributed by atoms with E-state index in [2.05, 4.69) is 67.4 Å². The molecule has 23 heavy (non-hydrogen) atoms. The Labute approximate surface area is 139 Å². The van der Waals surface area contributed by atoms with Crippen molar-refractivity contribution in [1.82, 2.24) is 4.98 Å². The molecule has 1 atom stereocenters. The van der Waals surface area contributed by atoms with Gasteiger partial charge in [-0.1, -0.05) is 68.8 Å². The van der Waals surface area contributed by atoms with Crippen molar-refractivity contribution in [3.05, 3.63) is 78.5 Å². The fraction of sp³-hybridized carbons (Fsp3) is 0.227. The number of hydrogen-bond acceptors (Lipinski definition) is 1. The van der Waals surface area contributed by atoms with Gasteiger partial charge in [-0.2, -0.15) is 0 Å². The van der Waals surface area contributed by atoms with E-state index in [-0.39, 0.29) is 0 Å². The number of benzene rings is 2. The molecule has 0 spiro atoms. The van der Waals surface area contributed by atoms with Crippen LogP contribution in [0.4, 0.5) is 0 Å². The fourth-order valence-corrected chi connectivity index (χ4v) is 2.77. The zero-order valence-corrected chi connectivity index (χ0v) is 13.9. The second kappa shape index (κ2) is 7.23. The highest BCUT2D eigenvalue weighted by Gasteiger charge is 2.04. The summed E-state index contributed by atoms with van der Waals surface area (Å²) >= 11 is 0. The fourth-order valence-electron chi connectivity index (χ4n) is 2.77. The highest BCUT2D eigenvalue weighted by atomic mass is 14.7. The summed E-state index contributed by atoms with van der Waals surface area (Å²) in [6.07, 6.45) is 4.23. The standard InChI is InChI=1S/C22H23N/c1-3-17(2)15-18-10-12-19(13-11-18)20-7-6-8-21(16-20)22-9-4-5-14-23-22/h4-14,16-17H,3,15H2,1-2H3. The molecule has 0 bridgehead atoms. The SMILES string of the molecule is CCC(C)Cc1ccc(-c2cccc(-c3ccccn3)c2)cc1. The van der Waals surface area contributed by atoms with Crippen molar-refractivity contribution >= 4 is 0 Å². The molecule has 1 heterocycles. The van der Waals surface area contributed by atoms with Gasteiger partial charge in [0.1, 0.15) is 0 Å². The predicted molar refractivity (Wildman–Crippen MR) is 98.3 cm³/mol. The average Bonchev–Trinajstić information content (AvgIpc) is 2.63. The van der Waals surface area contributed by atoms with Crippen LogP contribution in [0.2, 0.25) is 0 Å². The van der Waals surface area contributed by atoms with Gasteiger partial charge in [-0.15, -0.1) is 0 Å². The van der Waals surface area contributed by atoms with Gasteiger partial charge < -0.3 is 0 Å². The van der Waals surface area contributed by atoms with Gasteiger partial charge in [0.15, 0.2) is 0 Å². The van der Waals surface area contributed by atoms with E-state index in [0.29, 0.717) is 0 Å². The summed E-state index contributed by atoms with van der Waals surface area (Å²) in [6.45, 7) is 4.56. The van der Waals surface area contributed by atoms with Crippen LogP contribution in [-0.4, -0.2) is 4.98 Å². The summed E-state index contributed by atoms with van der Waals surface area (Å²) in [4.78, 5) is 4.44. The van der Waals surface area contributed by atoms with Crippen molar-refractivity contribution in [3.8, 4) is 22.4 Å². The lowest BCUT2D eigenvalue weighted by atomic mass is 9.96. The van der Waals surface area contributed by atoms with Gasteiger partial charge in [0, 0.05) is 11.8 Å². The Kier molecular flexibility index (Phi) is 4.87. The molecule has 0 amide bonds. The molecular formula is C22H23N. The van der Waals surface area contributed by atoms with E-state index in [0.717, 1.165) is 23.6 Å². The minimum Gasteiger partial charge on any atom is -0.256 e. The highest BCUT2D eigenvalue weighted by Crippen LogP contribution is 2.26. The van der Waals surface area contributed by atoms with Gasteiger partial charge in [0.05, 0.1) is 5.69 Å². The van der Waals surface area contributed by atoms with Crippen LogP contribution < -0.4 is 0 Å². The molecule has 2 aromatic carbocycles. The lowest BCUT2D eigenvalue weighted by Gasteiger charge is -2.10. The van der Waals surface area contributed by atoms with Gasteiger partial charge in [-0.25, -0.2) is 0 Å². The van der Waals surface area contributed by atoms with Crippen molar-refractivity contribution in [2.24, 2.45) is 5.92 Å². The molecule has 3 aromatic rings. The normalized spacial score (nSPS) is 12.1. The Morgan fingerprint density at radius 1 is 0.826 bits per heavy atom. The monoisotopic (exact) mass is 301 g/mol. The number of rotatable bonds is 5. The van der Waals surface area contributed by atoms with Crippen LogP contribution in [0.1, 0.15) is 25.8 Å². The number of pyridine rings is 1. The molecular weight excluding hydrogens is 278 g/mol. The Hall–Kier alpha value is -2.41. The summed E-state index contributed by atoms with van der Waals surface area (Å²) in [5.41, 5.74) is 6.09. The first-order valence-electron chi connectivity index (χ1n) is 8.37. The number of nitrogens with zero attached hydrogens (tertiary/aromatic N) is 1. The molecule has 1 aromatic heterocycles. The first kappa shape index (κ1) is 15.5. The topological polar surface area (TPSA) is 12.9 Å². The molecule has 1 heteroatoms. The maximum atomic E-state index is 4.44. The van der Waals surface area contributed by atoms with Crippen LogP contribution >= 0.6 is 0 Å². The van der Waals surface area contributed by atoms with Crippen molar-refractivity contribution < 1.29 is 0 Å². The minimum atomic E-state index is 0.744.